The molecule has 0 saturated heterocycles. The summed E-state index contributed by atoms with van der Waals surface area (Å²) < 4.78 is 0. The molecule has 0 bridgehead atoms. The van der Waals surface area contributed by atoms with Crippen molar-refractivity contribution in [2.45, 2.75) is 19.9 Å². The van der Waals surface area contributed by atoms with Crippen LogP contribution in [0, 0.1) is 0 Å². The molecule has 17 heavy (non-hydrogen) atoms. The Morgan fingerprint density at radius 2 is 2.18 bits per heavy atom. The third-order valence-electron chi connectivity index (χ3n) is 2.74. The molecule has 0 atom stereocenters. The van der Waals surface area contributed by atoms with Gasteiger partial charge in [0, 0.05) is 37.0 Å². The van der Waals surface area contributed by atoms with Crippen LogP contribution in [0.3, 0.4) is 0 Å². The van der Waals surface area contributed by atoms with Gasteiger partial charge < -0.3 is 15.3 Å². The number of rotatable bonds is 7. The van der Waals surface area contributed by atoms with Crippen LogP contribution in [0.25, 0.3) is 0 Å². The zero-order chi connectivity index (χ0) is 12.7. The fraction of sp³-hybridized carbons (Fsp3) is 0.538. The first-order valence-corrected chi connectivity index (χ1v) is 6.39. The van der Waals surface area contributed by atoms with Gasteiger partial charge >= 0.3 is 0 Å². The lowest BCUT2D eigenvalue weighted by atomic mass is 10.2. The maximum absolute atomic E-state index is 8.87. The van der Waals surface area contributed by atoms with E-state index in [0.29, 0.717) is 0 Å². The van der Waals surface area contributed by atoms with E-state index in [1.807, 2.05) is 13.1 Å². The topological polar surface area (TPSA) is 35.5 Å². The van der Waals surface area contributed by atoms with Crippen LogP contribution in [0.2, 0.25) is 5.02 Å². The van der Waals surface area contributed by atoms with E-state index >= 15 is 0 Å². The summed E-state index contributed by atoms with van der Waals surface area (Å²) in [6.45, 7) is 4.88. The highest BCUT2D eigenvalue weighted by Gasteiger charge is 2.06. The standard InChI is InChI=1S/C13H21ClN2O/c1-3-16(7-4-8-17)12-6-5-11(10-15-2)13(14)9-12/h5-6,9,15,17H,3-4,7-8,10H2,1-2H3. The van der Waals surface area contributed by atoms with E-state index < -0.39 is 0 Å². The van der Waals surface area contributed by atoms with Crippen molar-refractivity contribution >= 4 is 17.3 Å². The summed E-state index contributed by atoms with van der Waals surface area (Å²) in [6, 6.07) is 6.13. The van der Waals surface area contributed by atoms with Gasteiger partial charge in [-0.1, -0.05) is 17.7 Å². The quantitative estimate of drug-likeness (QED) is 0.786. The summed E-state index contributed by atoms with van der Waals surface area (Å²) in [5.74, 6) is 0. The summed E-state index contributed by atoms with van der Waals surface area (Å²) in [7, 11) is 1.91. The minimum atomic E-state index is 0.224. The predicted molar refractivity (Wildman–Crippen MR) is 73.8 cm³/mol. The van der Waals surface area contributed by atoms with Crippen molar-refractivity contribution in [1.29, 1.82) is 0 Å². The maximum atomic E-state index is 8.87. The van der Waals surface area contributed by atoms with E-state index in [2.05, 4.69) is 29.3 Å². The zero-order valence-corrected chi connectivity index (χ0v) is 11.3. The number of nitrogens with one attached hydrogen (secondary N) is 1. The molecule has 0 spiro atoms. The van der Waals surface area contributed by atoms with E-state index in [1.54, 1.807) is 0 Å². The largest absolute Gasteiger partial charge is 0.396 e. The lowest BCUT2D eigenvalue weighted by Crippen LogP contribution is -2.24. The molecule has 0 fully saturated rings. The lowest BCUT2D eigenvalue weighted by Gasteiger charge is -2.23. The number of hydrogen-bond donors (Lipinski definition) is 2. The van der Waals surface area contributed by atoms with Crippen molar-refractivity contribution in [3.05, 3.63) is 28.8 Å². The molecule has 1 aromatic carbocycles. The van der Waals surface area contributed by atoms with Crippen LogP contribution in [0.5, 0.6) is 0 Å². The molecule has 1 aromatic rings. The van der Waals surface area contributed by atoms with Crippen molar-refractivity contribution in [1.82, 2.24) is 5.32 Å². The van der Waals surface area contributed by atoms with Gasteiger partial charge in [-0.15, -0.1) is 0 Å². The third kappa shape index (κ3) is 4.19. The molecule has 3 nitrogen and oxygen atoms in total. The van der Waals surface area contributed by atoms with Crippen molar-refractivity contribution in [3.8, 4) is 0 Å². The molecule has 4 heteroatoms. The Morgan fingerprint density at radius 3 is 2.71 bits per heavy atom. The normalized spacial score (nSPS) is 10.6. The Labute approximate surface area is 108 Å². The fourth-order valence-electron chi connectivity index (χ4n) is 1.80. The van der Waals surface area contributed by atoms with E-state index in [-0.39, 0.29) is 6.61 Å². The van der Waals surface area contributed by atoms with Gasteiger partial charge in [0.15, 0.2) is 0 Å². The van der Waals surface area contributed by atoms with Gasteiger partial charge in [-0.2, -0.15) is 0 Å². The Bertz CT molecular complexity index is 344. The molecule has 0 aliphatic carbocycles. The Kier molecular flexibility index (Phi) is 6.34. The van der Waals surface area contributed by atoms with Crippen LogP contribution < -0.4 is 10.2 Å². The summed E-state index contributed by atoms with van der Waals surface area (Å²) in [6.07, 6.45) is 0.781. The number of halogens is 1. The summed E-state index contributed by atoms with van der Waals surface area (Å²) in [5, 5.41) is 12.7. The van der Waals surface area contributed by atoms with Crippen LogP contribution in [0.15, 0.2) is 18.2 Å². The summed E-state index contributed by atoms with van der Waals surface area (Å²) in [4.78, 5) is 2.21. The van der Waals surface area contributed by atoms with Crippen LogP contribution in [0.1, 0.15) is 18.9 Å². The molecule has 0 radical (unpaired) electrons. The second-order valence-electron chi connectivity index (χ2n) is 3.96. The second kappa shape index (κ2) is 7.54. The first-order chi connectivity index (χ1) is 8.22. The van der Waals surface area contributed by atoms with Gasteiger partial charge in [0.2, 0.25) is 0 Å². The second-order valence-corrected chi connectivity index (χ2v) is 4.37. The maximum Gasteiger partial charge on any atom is 0.0471 e. The SMILES string of the molecule is CCN(CCCO)c1ccc(CNC)c(Cl)c1. The first-order valence-electron chi connectivity index (χ1n) is 6.01. The van der Waals surface area contributed by atoms with Crippen molar-refractivity contribution < 1.29 is 5.11 Å². The highest BCUT2D eigenvalue weighted by molar-refractivity contribution is 6.31. The fourth-order valence-corrected chi connectivity index (χ4v) is 2.04. The molecule has 0 unspecified atom stereocenters. The third-order valence-corrected chi connectivity index (χ3v) is 3.09. The van der Waals surface area contributed by atoms with Crippen LogP contribution in [0.4, 0.5) is 5.69 Å². The van der Waals surface area contributed by atoms with E-state index in [1.165, 1.54) is 0 Å². The predicted octanol–water partition coefficient (Wildman–Crippen LogP) is 2.27. The highest BCUT2D eigenvalue weighted by Crippen LogP contribution is 2.23. The number of hydrogen-bond acceptors (Lipinski definition) is 3. The molecule has 0 heterocycles. The van der Waals surface area contributed by atoms with Gasteiger partial charge in [-0.05, 0) is 38.1 Å². The van der Waals surface area contributed by atoms with E-state index in [0.717, 1.165) is 42.3 Å². The van der Waals surface area contributed by atoms with Gasteiger partial charge in [0.05, 0.1) is 0 Å². The smallest absolute Gasteiger partial charge is 0.0471 e. The highest BCUT2D eigenvalue weighted by atomic mass is 35.5. The van der Waals surface area contributed by atoms with Crippen molar-refractivity contribution in [3.63, 3.8) is 0 Å². The summed E-state index contributed by atoms with van der Waals surface area (Å²) >= 11 is 6.23. The molecule has 2 N–H and O–H groups in total. The average Bonchev–Trinajstić information content (AvgIpc) is 2.33. The number of benzene rings is 1. The number of anilines is 1. The first kappa shape index (κ1) is 14.3. The van der Waals surface area contributed by atoms with Crippen LogP contribution in [-0.2, 0) is 6.54 Å². The zero-order valence-electron chi connectivity index (χ0n) is 10.5. The summed E-state index contributed by atoms with van der Waals surface area (Å²) in [5.41, 5.74) is 2.22. The molecule has 1 rings (SSSR count). The molecule has 0 aliphatic rings. The lowest BCUT2D eigenvalue weighted by molar-refractivity contribution is 0.289. The van der Waals surface area contributed by atoms with Crippen molar-refractivity contribution in [2.24, 2.45) is 0 Å². The number of aliphatic hydroxyl groups excluding tert-OH is 1. The van der Waals surface area contributed by atoms with Crippen LogP contribution >= 0.6 is 11.6 Å². The number of nitrogens with zero attached hydrogens (tertiary/aromatic N) is 1. The van der Waals surface area contributed by atoms with Gasteiger partial charge in [-0.25, -0.2) is 0 Å². The average molecular weight is 257 g/mol. The monoisotopic (exact) mass is 256 g/mol. The Balaban J connectivity index is 2.79. The molecular formula is C13H21ClN2O. The molecule has 0 aliphatic heterocycles. The van der Waals surface area contributed by atoms with Gasteiger partial charge in [0.1, 0.15) is 0 Å². The van der Waals surface area contributed by atoms with Crippen molar-refractivity contribution in [2.75, 3.05) is 31.6 Å². The molecular weight excluding hydrogens is 236 g/mol. The molecule has 0 amide bonds. The molecule has 0 aromatic heterocycles. The molecule has 0 saturated carbocycles. The van der Waals surface area contributed by atoms with Crippen LogP contribution in [-0.4, -0.2) is 31.9 Å². The molecule has 96 valence electrons. The number of aliphatic hydroxyl groups is 1. The Morgan fingerprint density at radius 1 is 1.41 bits per heavy atom. The van der Waals surface area contributed by atoms with Gasteiger partial charge in [-0.3, -0.25) is 0 Å². The Hall–Kier alpha value is -0.770. The van der Waals surface area contributed by atoms with Gasteiger partial charge in [0.25, 0.3) is 0 Å². The minimum absolute atomic E-state index is 0.224. The van der Waals surface area contributed by atoms with E-state index in [9.17, 15) is 0 Å². The van der Waals surface area contributed by atoms with E-state index in [4.69, 9.17) is 16.7 Å². The minimum Gasteiger partial charge on any atom is -0.396 e.